The Labute approximate surface area is 141 Å². The first-order valence-corrected chi connectivity index (χ1v) is 9.09. The van der Waals surface area contributed by atoms with Crippen molar-refractivity contribution in [3.05, 3.63) is 54.0 Å². The van der Waals surface area contributed by atoms with Gasteiger partial charge in [-0.2, -0.15) is 12.7 Å². The maximum Gasteiger partial charge on any atom is 0.302 e. The summed E-state index contributed by atoms with van der Waals surface area (Å²) in [6, 6.07) is 9.66. The molecule has 0 aliphatic carbocycles. The van der Waals surface area contributed by atoms with Gasteiger partial charge in [0.2, 0.25) is 0 Å². The zero-order valence-electron chi connectivity index (χ0n) is 13.3. The van der Waals surface area contributed by atoms with E-state index in [0.717, 1.165) is 11.3 Å². The molecule has 3 rings (SSSR count). The predicted molar refractivity (Wildman–Crippen MR) is 91.7 cm³/mol. The van der Waals surface area contributed by atoms with Gasteiger partial charge in [-0.05, 0) is 42.8 Å². The lowest BCUT2D eigenvalue weighted by Gasteiger charge is -2.35. The van der Waals surface area contributed by atoms with Gasteiger partial charge in [-0.25, -0.2) is 9.37 Å². The molecule has 0 bridgehead atoms. The Morgan fingerprint density at radius 3 is 2.29 bits per heavy atom. The molecule has 24 heavy (non-hydrogen) atoms. The summed E-state index contributed by atoms with van der Waals surface area (Å²) >= 11 is 0. The average molecular weight is 350 g/mol. The van der Waals surface area contributed by atoms with E-state index >= 15 is 0 Å². The summed E-state index contributed by atoms with van der Waals surface area (Å²) in [5, 5.41) is 0. The number of halogens is 1. The van der Waals surface area contributed by atoms with Gasteiger partial charge >= 0.3 is 10.2 Å². The van der Waals surface area contributed by atoms with Crippen molar-refractivity contribution in [1.82, 2.24) is 9.29 Å². The third kappa shape index (κ3) is 3.82. The van der Waals surface area contributed by atoms with Crippen LogP contribution in [0.4, 0.5) is 15.9 Å². The minimum Gasteiger partial charge on any atom is -0.369 e. The Bertz CT molecular complexity index is 786. The van der Waals surface area contributed by atoms with Crippen molar-refractivity contribution < 1.29 is 12.8 Å². The van der Waals surface area contributed by atoms with Crippen LogP contribution in [0.5, 0.6) is 0 Å². The van der Waals surface area contributed by atoms with Gasteiger partial charge < -0.3 is 4.90 Å². The summed E-state index contributed by atoms with van der Waals surface area (Å²) in [6.07, 6.45) is 1.62. The molecule has 1 aromatic carbocycles. The zero-order chi connectivity index (χ0) is 17.2. The van der Waals surface area contributed by atoms with Crippen LogP contribution in [0.2, 0.25) is 0 Å². The molecule has 0 radical (unpaired) electrons. The number of rotatable bonds is 4. The smallest absolute Gasteiger partial charge is 0.302 e. The Kier molecular flexibility index (Phi) is 4.68. The van der Waals surface area contributed by atoms with Gasteiger partial charge in [0.25, 0.3) is 0 Å². The van der Waals surface area contributed by atoms with Crippen LogP contribution in [0.3, 0.4) is 0 Å². The molecule has 1 N–H and O–H groups in total. The van der Waals surface area contributed by atoms with Crippen molar-refractivity contribution in [1.29, 1.82) is 0 Å². The molecule has 0 atom stereocenters. The number of benzene rings is 1. The number of anilines is 2. The lowest BCUT2D eigenvalue weighted by Crippen LogP contribution is -2.50. The Morgan fingerprint density at radius 2 is 1.71 bits per heavy atom. The van der Waals surface area contributed by atoms with Crippen molar-refractivity contribution in [2.45, 2.75) is 6.92 Å². The maximum atomic E-state index is 13.0. The molecular weight excluding hydrogens is 331 g/mol. The number of hydrogen-bond donors (Lipinski definition) is 1. The van der Waals surface area contributed by atoms with Gasteiger partial charge in [0.05, 0.1) is 0 Å². The third-order valence-electron chi connectivity index (χ3n) is 3.92. The van der Waals surface area contributed by atoms with Gasteiger partial charge in [0.1, 0.15) is 11.6 Å². The minimum atomic E-state index is -3.63. The second kappa shape index (κ2) is 6.74. The highest BCUT2D eigenvalue weighted by Crippen LogP contribution is 2.18. The van der Waals surface area contributed by atoms with Gasteiger partial charge in [-0.1, -0.05) is 6.07 Å². The van der Waals surface area contributed by atoms with E-state index < -0.39 is 10.2 Å². The maximum absolute atomic E-state index is 13.0. The van der Waals surface area contributed by atoms with Crippen molar-refractivity contribution in [3.63, 3.8) is 0 Å². The molecule has 0 unspecified atom stereocenters. The van der Waals surface area contributed by atoms with Crippen molar-refractivity contribution in [3.8, 4) is 0 Å². The molecule has 0 spiro atoms. The molecule has 8 heteroatoms. The summed E-state index contributed by atoms with van der Waals surface area (Å²) in [6.45, 7) is 3.71. The van der Waals surface area contributed by atoms with Crippen LogP contribution in [0.1, 0.15) is 5.56 Å². The number of hydrogen-bond acceptors (Lipinski definition) is 4. The summed E-state index contributed by atoms with van der Waals surface area (Å²) in [5.41, 5.74) is 1.85. The molecule has 128 valence electrons. The molecule has 1 aliphatic rings. The lowest BCUT2D eigenvalue weighted by atomic mass is 10.2. The van der Waals surface area contributed by atoms with E-state index in [2.05, 4.69) is 9.71 Å². The monoisotopic (exact) mass is 350 g/mol. The van der Waals surface area contributed by atoms with E-state index in [1.165, 1.54) is 16.4 Å². The molecule has 1 aromatic heterocycles. The summed E-state index contributed by atoms with van der Waals surface area (Å²) in [4.78, 5) is 6.10. The summed E-state index contributed by atoms with van der Waals surface area (Å²) < 4.78 is 41.7. The van der Waals surface area contributed by atoms with Crippen molar-refractivity contribution >= 4 is 21.7 Å². The molecule has 0 amide bonds. The first-order valence-electron chi connectivity index (χ1n) is 7.65. The molecule has 2 heterocycles. The molecule has 1 saturated heterocycles. The molecule has 1 aliphatic heterocycles. The largest absolute Gasteiger partial charge is 0.369 e. The molecular formula is C16H19FN4O2S. The highest BCUT2D eigenvalue weighted by Gasteiger charge is 2.27. The van der Waals surface area contributed by atoms with Crippen LogP contribution >= 0.6 is 0 Å². The number of piperazine rings is 1. The van der Waals surface area contributed by atoms with Crippen LogP contribution in [-0.4, -0.2) is 43.9 Å². The van der Waals surface area contributed by atoms with Crippen LogP contribution < -0.4 is 9.62 Å². The molecule has 0 saturated carbocycles. The van der Waals surface area contributed by atoms with E-state index in [4.69, 9.17) is 0 Å². The lowest BCUT2D eigenvalue weighted by molar-refractivity contribution is 0.387. The fourth-order valence-corrected chi connectivity index (χ4v) is 3.72. The van der Waals surface area contributed by atoms with Crippen LogP contribution in [0.25, 0.3) is 0 Å². The second-order valence-electron chi connectivity index (χ2n) is 5.69. The van der Waals surface area contributed by atoms with E-state index in [9.17, 15) is 12.8 Å². The number of nitrogens with one attached hydrogen (secondary N) is 1. The van der Waals surface area contributed by atoms with Crippen molar-refractivity contribution in [2.75, 3.05) is 35.8 Å². The topological polar surface area (TPSA) is 65.5 Å². The van der Waals surface area contributed by atoms with E-state index in [1.54, 1.807) is 30.5 Å². The second-order valence-corrected chi connectivity index (χ2v) is 7.36. The van der Waals surface area contributed by atoms with E-state index in [0.29, 0.717) is 32.0 Å². The Balaban J connectivity index is 1.62. The first kappa shape index (κ1) is 16.7. The molecule has 6 nitrogen and oxygen atoms in total. The quantitative estimate of drug-likeness (QED) is 0.916. The van der Waals surface area contributed by atoms with Crippen molar-refractivity contribution in [2.24, 2.45) is 0 Å². The molecule has 1 fully saturated rings. The van der Waals surface area contributed by atoms with E-state index in [-0.39, 0.29) is 5.82 Å². The van der Waals surface area contributed by atoms with Crippen LogP contribution in [0, 0.1) is 12.7 Å². The Hall–Kier alpha value is -2.19. The summed E-state index contributed by atoms with van der Waals surface area (Å²) in [5.74, 6) is 0.0244. The fourth-order valence-electron chi connectivity index (χ4n) is 2.56. The highest BCUT2D eigenvalue weighted by molar-refractivity contribution is 7.90. The van der Waals surface area contributed by atoms with Crippen LogP contribution in [-0.2, 0) is 10.2 Å². The third-order valence-corrected chi connectivity index (χ3v) is 5.43. The zero-order valence-corrected chi connectivity index (χ0v) is 14.1. The number of aryl methyl sites for hydroxylation is 1. The normalized spacial score (nSPS) is 16.2. The standard InChI is InChI=1S/C16H19FN4O2S/c1-13-2-7-16(18-12-13)19-24(22,23)21-10-8-20(9-11-21)15-5-3-14(17)4-6-15/h2-7,12H,8-11H2,1H3,(H,18,19). The van der Waals surface area contributed by atoms with Gasteiger partial charge in [0.15, 0.2) is 0 Å². The average Bonchev–Trinajstić information content (AvgIpc) is 2.58. The number of nitrogens with zero attached hydrogens (tertiary/aromatic N) is 3. The summed E-state index contributed by atoms with van der Waals surface area (Å²) in [7, 11) is -3.63. The predicted octanol–water partition coefficient (Wildman–Crippen LogP) is 2.01. The molecule has 2 aromatic rings. The SMILES string of the molecule is Cc1ccc(NS(=O)(=O)N2CCN(c3ccc(F)cc3)CC2)nc1. The fraction of sp³-hybridized carbons (Fsp3) is 0.312. The van der Waals surface area contributed by atoms with Crippen LogP contribution in [0.15, 0.2) is 42.6 Å². The van der Waals surface area contributed by atoms with Gasteiger partial charge in [-0.3, -0.25) is 4.72 Å². The van der Waals surface area contributed by atoms with Gasteiger partial charge in [0, 0.05) is 38.1 Å². The number of pyridine rings is 1. The Morgan fingerprint density at radius 1 is 1.04 bits per heavy atom. The first-order chi connectivity index (χ1) is 11.4. The minimum absolute atomic E-state index is 0.283. The van der Waals surface area contributed by atoms with E-state index in [1.807, 2.05) is 11.8 Å². The van der Waals surface area contributed by atoms with Gasteiger partial charge in [-0.15, -0.1) is 0 Å². The number of aromatic nitrogens is 1. The highest BCUT2D eigenvalue weighted by atomic mass is 32.2.